The third-order valence-electron chi connectivity index (χ3n) is 16.6. The average Bonchev–Trinajstić information content (AvgIpc) is 3.39. The fourth-order valence-electron chi connectivity index (χ4n) is 13.5. The van der Waals surface area contributed by atoms with E-state index < -0.39 is 28.9 Å². The molecule has 0 spiro atoms. The maximum Gasteiger partial charge on any atom is 0.309 e. The number of aliphatic hydroxyl groups is 1. The molecule has 1 aromatic rings. The van der Waals surface area contributed by atoms with Gasteiger partial charge < -0.3 is 19.8 Å². The largest absolute Gasteiger partial charge is 0.481 e. The number of nitrogens with zero attached hydrogens (tertiary/aromatic N) is 1. The first-order valence-electron chi connectivity index (χ1n) is 20.8. The Morgan fingerprint density at radius 2 is 1.65 bits per heavy atom. The van der Waals surface area contributed by atoms with Crippen molar-refractivity contribution in [2.75, 3.05) is 6.54 Å². The topological polar surface area (TPSA) is 121 Å². The van der Waals surface area contributed by atoms with Gasteiger partial charge in [0.25, 0.3) is 0 Å². The summed E-state index contributed by atoms with van der Waals surface area (Å²) in [5.41, 5.74) is 0.751. The number of amides is 1. The Labute approximate surface area is 334 Å². The molecule has 1 amide bonds. The summed E-state index contributed by atoms with van der Waals surface area (Å²) in [5.74, 6) is -0.452. The molecule has 6 rings (SSSR count). The van der Waals surface area contributed by atoms with Crippen LogP contribution in [0.4, 0.5) is 0 Å². The highest BCUT2D eigenvalue weighted by Crippen LogP contribution is 2.77. The van der Waals surface area contributed by atoms with Crippen LogP contribution in [-0.2, 0) is 30.5 Å². The fraction of sp³-hybridized carbons (Fsp3) is 0.739. The van der Waals surface area contributed by atoms with E-state index in [0.29, 0.717) is 36.2 Å². The van der Waals surface area contributed by atoms with Gasteiger partial charge in [0.05, 0.1) is 17.9 Å². The number of carbonyl (C=O) groups is 4. The third-order valence-corrected chi connectivity index (χ3v) is 16.8. The highest BCUT2D eigenvalue weighted by atomic mass is 35.5. The van der Waals surface area contributed by atoms with E-state index in [2.05, 4.69) is 48.5 Å². The summed E-state index contributed by atoms with van der Waals surface area (Å²) >= 11 is 6.29. The maximum absolute atomic E-state index is 14.2. The van der Waals surface area contributed by atoms with E-state index in [1.165, 1.54) is 5.57 Å². The lowest BCUT2D eigenvalue weighted by molar-refractivity contribution is -0.235. The number of carboxylic acids is 1. The number of carboxylic acid groups (broad SMARTS) is 1. The number of ether oxygens (including phenoxy) is 1. The molecule has 4 fully saturated rings. The van der Waals surface area contributed by atoms with Crippen LogP contribution < -0.4 is 0 Å². The molecule has 0 bridgehead atoms. The molecule has 1 aromatic carbocycles. The van der Waals surface area contributed by atoms with Crippen molar-refractivity contribution >= 4 is 35.2 Å². The highest BCUT2D eigenvalue weighted by molar-refractivity contribution is 6.30. The minimum atomic E-state index is -1.18. The first kappa shape index (κ1) is 41.9. The number of ketones is 1. The molecule has 0 aromatic heterocycles. The van der Waals surface area contributed by atoms with Crippen molar-refractivity contribution in [3.8, 4) is 0 Å². The number of benzene rings is 1. The molecule has 55 heavy (non-hydrogen) atoms. The van der Waals surface area contributed by atoms with Gasteiger partial charge in [0.15, 0.2) is 5.78 Å². The number of hydrogen-bond donors (Lipinski definition) is 2. The van der Waals surface area contributed by atoms with Gasteiger partial charge in [-0.3, -0.25) is 19.2 Å². The second-order valence-corrected chi connectivity index (χ2v) is 21.0. The van der Waals surface area contributed by atoms with Gasteiger partial charge in [-0.1, -0.05) is 77.8 Å². The van der Waals surface area contributed by atoms with E-state index in [1.54, 1.807) is 25.7 Å². The third kappa shape index (κ3) is 6.71. The lowest BCUT2D eigenvalue weighted by Gasteiger charge is -2.72. The fourth-order valence-corrected chi connectivity index (χ4v) is 13.7. The molecule has 5 aliphatic carbocycles. The number of carbonyl (C=O) groups excluding carboxylic acids is 3. The Hall–Kier alpha value is -2.71. The van der Waals surface area contributed by atoms with Gasteiger partial charge in [0.1, 0.15) is 6.10 Å². The van der Waals surface area contributed by atoms with Gasteiger partial charge in [-0.05, 0) is 128 Å². The molecule has 0 saturated heterocycles. The second kappa shape index (κ2) is 14.3. The summed E-state index contributed by atoms with van der Waals surface area (Å²) in [4.78, 5) is 53.8. The van der Waals surface area contributed by atoms with Crippen LogP contribution in [0.5, 0.6) is 0 Å². The summed E-state index contributed by atoms with van der Waals surface area (Å²) in [6.07, 6.45) is 6.32. The molecule has 0 aliphatic heterocycles. The van der Waals surface area contributed by atoms with Gasteiger partial charge >= 0.3 is 11.9 Å². The van der Waals surface area contributed by atoms with Crippen LogP contribution in [0.1, 0.15) is 139 Å². The Kier molecular flexibility index (Phi) is 10.9. The minimum absolute atomic E-state index is 0.0118. The number of Topliss-reactive ketones (excluding diaryl/α,β-unsaturated/α-hetero) is 1. The van der Waals surface area contributed by atoms with Crippen molar-refractivity contribution in [2.24, 2.45) is 56.2 Å². The number of allylic oxidation sites excluding steroid dienone is 1. The van der Waals surface area contributed by atoms with Crippen molar-refractivity contribution in [1.82, 2.24) is 4.90 Å². The SMILES string of the molecule is CC(=O)N(Cc1cccc(Cl)c1)C[C@H](O)[C@@]12CC[C@]3(C)[C@H](CC[C@@H]4[C@@]5(C)CC[C@H](OC(=O)CC(C)(C)C(=O)O)C(C)(C)[C@@H]5CC[C@]43C)C1=C(C(C)C)C(=O)C2. The molecule has 4 saturated carbocycles. The first-order valence-corrected chi connectivity index (χ1v) is 21.2. The zero-order valence-corrected chi connectivity index (χ0v) is 35.8. The van der Waals surface area contributed by atoms with Crippen molar-refractivity contribution < 1.29 is 34.1 Å². The smallest absolute Gasteiger partial charge is 0.309 e. The minimum Gasteiger partial charge on any atom is -0.481 e. The van der Waals surface area contributed by atoms with Crippen LogP contribution in [0, 0.1) is 56.2 Å². The predicted octanol–water partition coefficient (Wildman–Crippen LogP) is 9.44. The van der Waals surface area contributed by atoms with Crippen LogP contribution in [-0.4, -0.2) is 57.5 Å². The van der Waals surface area contributed by atoms with Crippen LogP contribution in [0.3, 0.4) is 0 Å². The summed E-state index contributed by atoms with van der Waals surface area (Å²) in [5, 5.41) is 22.7. The molecule has 9 heteroatoms. The number of aliphatic hydroxyl groups excluding tert-OH is 1. The van der Waals surface area contributed by atoms with Crippen molar-refractivity contribution in [3.05, 3.63) is 46.0 Å². The number of aliphatic carboxylic acids is 1. The molecular weight excluding hydrogens is 714 g/mol. The summed E-state index contributed by atoms with van der Waals surface area (Å²) < 4.78 is 6.16. The quantitative estimate of drug-likeness (QED) is 0.227. The van der Waals surface area contributed by atoms with Crippen molar-refractivity contribution in [3.63, 3.8) is 0 Å². The van der Waals surface area contributed by atoms with Crippen LogP contribution >= 0.6 is 11.6 Å². The van der Waals surface area contributed by atoms with Gasteiger partial charge in [0, 0.05) is 42.3 Å². The van der Waals surface area contributed by atoms with E-state index in [0.717, 1.165) is 56.1 Å². The normalized spacial score (nSPS) is 36.0. The van der Waals surface area contributed by atoms with E-state index in [-0.39, 0.29) is 64.3 Å². The first-order chi connectivity index (χ1) is 25.4. The van der Waals surface area contributed by atoms with Crippen molar-refractivity contribution in [2.45, 2.75) is 152 Å². The van der Waals surface area contributed by atoms with Gasteiger partial charge in [-0.15, -0.1) is 0 Å². The lowest BCUT2D eigenvalue weighted by Crippen LogP contribution is -2.66. The van der Waals surface area contributed by atoms with Crippen LogP contribution in [0.2, 0.25) is 5.02 Å². The predicted molar refractivity (Wildman–Crippen MR) is 214 cm³/mol. The number of rotatable bonds is 10. The number of fused-ring (bicyclic) bond motifs is 7. The Bertz CT molecular complexity index is 1770. The Morgan fingerprint density at radius 3 is 2.27 bits per heavy atom. The molecule has 0 unspecified atom stereocenters. The van der Waals surface area contributed by atoms with Gasteiger partial charge in [-0.25, -0.2) is 0 Å². The average molecular weight is 780 g/mol. The molecule has 9 atom stereocenters. The number of hydrogen-bond acceptors (Lipinski definition) is 6. The zero-order chi connectivity index (χ0) is 40.7. The Balaban J connectivity index is 1.29. The van der Waals surface area contributed by atoms with Crippen molar-refractivity contribution in [1.29, 1.82) is 0 Å². The van der Waals surface area contributed by atoms with E-state index in [1.807, 2.05) is 24.3 Å². The number of esters is 1. The monoisotopic (exact) mass is 779 g/mol. The molecule has 5 aliphatic rings. The molecule has 0 radical (unpaired) electrons. The molecular formula is C46H66ClNO7. The summed E-state index contributed by atoms with van der Waals surface area (Å²) in [6, 6.07) is 7.48. The van der Waals surface area contributed by atoms with E-state index in [4.69, 9.17) is 16.3 Å². The molecule has 0 heterocycles. The molecule has 2 N–H and O–H groups in total. The highest BCUT2D eigenvalue weighted by Gasteiger charge is 2.71. The molecule has 304 valence electrons. The summed E-state index contributed by atoms with van der Waals surface area (Å²) in [6.45, 7) is 21.4. The van der Waals surface area contributed by atoms with Crippen LogP contribution in [0.25, 0.3) is 0 Å². The number of halogens is 1. The maximum atomic E-state index is 14.2. The second-order valence-electron chi connectivity index (χ2n) is 20.6. The zero-order valence-electron chi connectivity index (χ0n) is 35.0. The van der Waals surface area contributed by atoms with Gasteiger partial charge in [0.2, 0.25) is 5.91 Å². The standard InChI is InChI=1S/C46H66ClNO7/c1-27(2)38-32(50)23-46(35(51)26-48(28(3)49)25-29-12-11-13-30(47)22-29)21-20-44(9)31(39(38)46)14-15-34-43(8)18-17-36(55-37(52)24-41(4,5)40(53)54)42(6,7)33(43)16-19-45(34,44)10/h11-13,22,27,31,33-36,51H,14-21,23-26H2,1-10H3,(H,53,54)/t31-,33+,34-,35+,36+,43+,44-,45-,46+/m1/s1. The van der Waals surface area contributed by atoms with E-state index >= 15 is 0 Å². The van der Waals surface area contributed by atoms with Crippen LogP contribution in [0.15, 0.2) is 35.4 Å². The molecule has 8 nitrogen and oxygen atoms in total. The lowest BCUT2D eigenvalue weighted by atomic mass is 9.33. The summed E-state index contributed by atoms with van der Waals surface area (Å²) in [7, 11) is 0. The van der Waals surface area contributed by atoms with E-state index in [9.17, 15) is 29.4 Å². The van der Waals surface area contributed by atoms with Gasteiger partial charge in [-0.2, -0.15) is 0 Å². The Morgan fingerprint density at radius 1 is 0.964 bits per heavy atom.